The van der Waals surface area contributed by atoms with E-state index in [1.54, 1.807) is 0 Å². The van der Waals surface area contributed by atoms with Gasteiger partial charge in [-0.15, -0.1) is 12.4 Å². The molecular formula is C16H25ClN2O2. The average Bonchev–Trinajstić information content (AvgIpc) is 3.34. The molecular weight excluding hydrogens is 288 g/mol. The van der Waals surface area contributed by atoms with E-state index < -0.39 is 0 Å². The van der Waals surface area contributed by atoms with Crippen molar-refractivity contribution in [1.82, 2.24) is 10.2 Å². The lowest BCUT2D eigenvalue weighted by molar-refractivity contribution is -0.131. The van der Waals surface area contributed by atoms with Crippen molar-refractivity contribution < 1.29 is 9.21 Å². The van der Waals surface area contributed by atoms with Gasteiger partial charge in [0.2, 0.25) is 5.91 Å². The summed E-state index contributed by atoms with van der Waals surface area (Å²) in [6.07, 6.45) is 2.18. The summed E-state index contributed by atoms with van der Waals surface area (Å²) in [5.74, 6) is 4.21. The van der Waals surface area contributed by atoms with E-state index >= 15 is 0 Å². The van der Waals surface area contributed by atoms with Gasteiger partial charge >= 0.3 is 0 Å². The highest BCUT2D eigenvalue weighted by Gasteiger charge is 2.47. The van der Waals surface area contributed by atoms with Gasteiger partial charge in [0.05, 0.1) is 0 Å². The monoisotopic (exact) mass is 312 g/mol. The highest BCUT2D eigenvalue weighted by Crippen LogP contribution is 2.52. The first-order chi connectivity index (χ1) is 9.61. The summed E-state index contributed by atoms with van der Waals surface area (Å²) in [5.41, 5.74) is 0. The standard InChI is InChI=1S/C16H24N2O2.ClH/c1-10-8-11(10)14-4-5-15(20-14)12-9-13(12)16(19)18(3)7-6-17-2;/h4-5,10-13,17H,6-9H2,1-3H3;1H. The maximum atomic E-state index is 12.3. The lowest BCUT2D eigenvalue weighted by Gasteiger charge is -2.16. The van der Waals surface area contributed by atoms with Crippen LogP contribution < -0.4 is 5.32 Å². The average molecular weight is 313 g/mol. The van der Waals surface area contributed by atoms with Gasteiger partial charge in [-0.3, -0.25) is 4.79 Å². The Hall–Kier alpha value is -1.00. The lowest BCUT2D eigenvalue weighted by atomic mass is 10.2. The van der Waals surface area contributed by atoms with Gasteiger partial charge < -0.3 is 14.6 Å². The largest absolute Gasteiger partial charge is 0.465 e. The van der Waals surface area contributed by atoms with Gasteiger partial charge in [-0.25, -0.2) is 0 Å². The number of rotatable bonds is 6. The van der Waals surface area contributed by atoms with E-state index in [0.717, 1.165) is 36.9 Å². The highest BCUT2D eigenvalue weighted by atomic mass is 35.5. The molecule has 0 aliphatic heterocycles. The van der Waals surface area contributed by atoms with Crippen LogP contribution in [-0.4, -0.2) is 38.0 Å². The predicted molar refractivity (Wildman–Crippen MR) is 84.9 cm³/mol. The Morgan fingerprint density at radius 1 is 1.33 bits per heavy atom. The third kappa shape index (κ3) is 3.43. The molecule has 0 saturated heterocycles. The van der Waals surface area contributed by atoms with E-state index in [1.807, 2.05) is 19.0 Å². The molecule has 1 amide bonds. The predicted octanol–water partition coefficient (Wildman–Crippen LogP) is 2.61. The van der Waals surface area contributed by atoms with E-state index in [4.69, 9.17) is 4.42 Å². The van der Waals surface area contributed by atoms with Crippen molar-refractivity contribution in [3.63, 3.8) is 0 Å². The summed E-state index contributed by atoms with van der Waals surface area (Å²) in [4.78, 5) is 14.1. The van der Waals surface area contributed by atoms with Crippen molar-refractivity contribution in [3.05, 3.63) is 23.7 Å². The number of furan rings is 1. The van der Waals surface area contributed by atoms with Gasteiger partial charge in [-0.2, -0.15) is 0 Å². The van der Waals surface area contributed by atoms with Crippen LogP contribution in [0, 0.1) is 11.8 Å². The van der Waals surface area contributed by atoms with Crippen LogP contribution in [0.15, 0.2) is 16.5 Å². The Balaban J connectivity index is 0.00000161. The zero-order valence-electron chi connectivity index (χ0n) is 13.0. The van der Waals surface area contributed by atoms with Crippen molar-refractivity contribution in [2.75, 3.05) is 27.2 Å². The molecule has 4 nitrogen and oxygen atoms in total. The van der Waals surface area contributed by atoms with Crippen LogP contribution >= 0.6 is 12.4 Å². The number of hydrogen-bond donors (Lipinski definition) is 1. The van der Waals surface area contributed by atoms with Crippen molar-refractivity contribution >= 4 is 18.3 Å². The van der Waals surface area contributed by atoms with Crippen LogP contribution in [0.5, 0.6) is 0 Å². The molecule has 2 fully saturated rings. The second-order valence-corrected chi connectivity index (χ2v) is 6.37. The van der Waals surface area contributed by atoms with Crippen molar-refractivity contribution in [2.45, 2.75) is 31.6 Å². The Bertz CT molecular complexity index is 502. The van der Waals surface area contributed by atoms with E-state index in [0.29, 0.717) is 11.8 Å². The van der Waals surface area contributed by atoms with E-state index in [1.165, 1.54) is 6.42 Å². The zero-order chi connectivity index (χ0) is 14.3. The maximum Gasteiger partial charge on any atom is 0.226 e. The van der Waals surface area contributed by atoms with Crippen LogP contribution in [0.25, 0.3) is 0 Å². The molecule has 2 aliphatic carbocycles. The minimum Gasteiger partial charge on any atom is -0.465 e. The molecule has 1 N–H and O–H groups in total. The van der Waals surface area contributed by atoms with E-state index in [9.17, 15) is 4.79 Å². The number of nitrogens with one attached hydrogen (secondary N) is 1. The molecule has 1 aromatic heterocycles. The Labute approximate surface area is 132 Å². The van der Waals surface area contributed by atoms with E-state index in [-0.39, 0.29) is 24.2 Å². The van der Waals surface area contributed by atoms with E-state index in [2.05, 4.69) is 24.4 Å². The number of halogens is 1. The Morgan fingerprint density at radius 2 is 1.95 bits per heavy atom. The first kappa shape index (κ1) is 16.4. The zero-order valence-corrected chi connectivity index (χ0v) is 13.8. The summed E-state index contributed by atoms with van der Waals surface area (Å²) in [6.45, 7) is 3.86. The molecule has 4 unspecified atom stereocenters. The molecule has 5 heteroatoms. The number of carbonyl (C=O) groups is 1. The van der Waals surface area contributed by atoms with Gasteiger partial charge in [0.25, 0.3) is 0 Å². The number of carbonyl (C=O) groups excluding carboxylic acids is 1. The van der Waals surface area contributed by atoms with Crippen LogP contribution in [0.4, 0.5) is 0 Å². The molecule has 1 heterocycles. The molecule has 2 aliphatic rings. The van der Waals surface area contributed by atoms with Gasteiger partial charge in [0, 0.05) is 37.9 Å². The Morgan fingerprint density at radius 3 is 2.52 bits per heavy atom. The molecule has 0 spiro atoms. The highest BCUT2D eigenvalue weighted by molar-refractivity contribution is 5.85. The summed E-state index contributed by atoms with van der Waals surface area (Å²) in [7, 11) is 3.79. The molecule has 0 bridgehead atoms. The quantitative estimate of drug-likeness (QED) is 0.878. The van der Waals surface area contributed by atoms with Crippen LogP contribution in [0.3, 0.4) is 0 Å². The van der Waals surface area contributed by atoms with Gasteiger partial charge in [-0.05, 0) is 37.9 Å². The molecule has 3 rings (SSSR count). The van der Waals surface area contributed by atoms with Gasteiger partial charge in [0.15, 0.2) is 0 Å². The summed E-state index contributed by atoms with van der Waals surface area (Å²) in [5, 5.41) is 3.07. The molecule has 4 atom stereocenters. The number of hydrogen-bond acceptors (Lipinski definition) is 3. The number of likely N-dealkylation sites (N-methyl/N-ethyl adjacent to an activating group) is 2. The lowest BCUT2D eigenvalue weighted by Crippen LogP contribution is -2.34. The minimum absolute atomic E-state index is 0. The van der Waals surface area contributed by atoms with Crippen LogP contribution in [0.1, 0.15) is 43.1 Å². The Kier molecular flexibility index (Phi) is 4.99. The second kappa shape index (κ2) is 6.41. The second-order valence-electron chi connectivity index (χ2n) is 6.37. The molecule has 118 valence electrons. The number of nitrogens with zero attached hydrogens (tertiary/aromatic N) is 1. The molecule has 21 heavy (non-hydrogen) atoms. The summed E-state index contributed by atoms with van der Waals surface area (Å²) in [6, 6.07) is 4.18. The molecule has 1 aromatic rings. The fourth-order valence-electron chi connectivity index (χ4n) is 2.94. The van der Waals surface area contributed by atoms with Crippen LogP contribution in [0.2, 0.25) is 0 Å². The molecule has 0 aromatic carbocycles. The van der Waals surface area contributed by atoms with Crippen molar-refractivity contribution in [1.29, 1.82) is 0 Å². The smallest absolute Gasteiger partial charge is 0.226 e. The topological polar surface area (TPSA) is 45.5 Å². The van der Waals surface area contributed by atoms with Crippen LogP contribution in [-0.2, 0) is 4.79 Å². The fraction of sp³-hybridized carbons (Fsp3) is 0.688. The normalized spacial score (nSPS) is 29.7. The summed E-state index contributed by atoms with van der Waals surface area (Å²) >= 11 is 0. The van der Waals surface area contributed by atoms with Crippen molar-refractivity contribution in [2.24, 2.45) is 11.8 Å². The first-order valence-corrected chi connectivity index (χ1v) is 7.61. The fourth-order valence-corrected chi connectivity index (χ4v) is 2.94. The number of amides is 1. The molecule has 2 saturated carbocycles. The van der Waals surface area contributed by atoms with Gasteiger partial charge in [-0.1, -0.05) is 6.92 Å². The van der Waals surface area contributed by atoms with Crippen molar-refractivity contribution in [3.8, 4) is 0 Å². The third-order valence-corrected chi connectivity index (χ3v) is 4.67. The minimum atomic E-state index is 0. The SMILES string of the molecule is CNCCN(C)C(=O)C1CC1c1ccc(C2CC2C)o1.Cl. The maximum absolute atomic E-state index is 12.3. The third-order valence-electron chi connectivity index (χ3n) is 4.67. The molecule has 0 radical (unpaired) electrons. The first-order valence-electron chi connectivity index (χ1n) is 7.61. The summed E-state index contributed by atoms with van der Waals surface area (Å²) < 4.78 is 5.96. The van der Waals surface area contributed by atoms with Gasteiger partial charge in [0.1, 0.15) is 11.5 Å².